The van der Waals surface area contributed by atoms with Crippen molar-refractivity contribution >= 4 is 17.6 Å². The van der Waals surface area contributed by atoms with Crippen LogP contribution in [0.2, 0.25) is 12.1 Å². The van der Waals surface area contributed by atoms with Gasteiger partial charge in [-0.05, 0) is 13.0 Å². The highest BCUT2D eigenvalue weighted by Gasteiger charge is 2.37. The minimum atomic E-state index is -2.35. The first-order chi connectivity index (χ1) is 11.5. The molecule has 0 aromatic rings. The average Bonchev–Trinajstić information content (AvgIpc) is 2.64. The normalized spacial score (nSPS) is 12.0. The fourth-order valence-electron chi connectivity index (χ4n) is 2.08. The van der Waals surface area contributed by atoms with E-state index in [1.54, 1.807) is 42.7 Å². The van der Waals surface area contributed by atoms with Crippen LogP contribution in [0, 0.1) is 0 Å². The van der Waals surface area contributed by atoms with Gasteiger partial charge in [0.25, 0.3) is 0 Å². The Labute approximate surface area is 150 Å². The van der Waals surface area contributed by atoms with Crippen LogP contribution in [0.3, 0.4) is 0 Å². The maximum Gasteiger partial charge on any atom is 0.500 e. The Hall–Kier alpha value is 0.114. The smallest absolute Gasteiger partial charge is 0.377 e. The van der Waals surface area contributed by atoms with Crippen LogP contribution in [0.25, 0.3) is 0 Å². The molecule has 0 amide bonds. The van der Waals surface area contributed by atoms with E-state index in [1.165, 1.54) is 0 Å². The van der Waals surface area contributed by atoms with Gasteiger partial charge < -0.3 is 37.6 Å². The molecule has 0 aromatic carbocycles. The number of rotatable bonds is 14. The van der Waals surface area contributed by atoms with Crippen molar-refractivity contribution in [2.24, 2.45) is 5.73 Å². The van der Waals surface area contributed by atoms with Crippen LogP contribution in [-0.2, 0) is 26.6 Å². The van der Waals surface area contributed by atoms with E-state index in [1.807, 2.05) is 0 Å². The number of hydrogen-bond acceptors (Lipinski definition) is 8. The van der Waals surface area contributed by atoms with E-state index in [-0.39, 0.29) is 0 Å². The van der Waals surface area contributed by atoms with Crippen molar-refractivity contribution in [3.63, 3.8) is 0 Å². The van der Waals surface area contributed by atoms with Gasteiger partial charge in [0.05, 0.1) is 0 Å². The van der Waals surface area contributed by atoms with E-state index in [9.17, 15) is 0 Å². The monoisotopic (exact) mass is 386 g/mol. The van der Waals surface area contributed by atoms with E-state index in [2.05, 4.69) is 12.2 Å². The Kier molecular flexibility index (Phi) is 18.2. The predicted octanol–water partition coefficient (Wildman–Crippen LogP) is 1.08. The molecule has 0 fully saturated rings. The summed E-state index contributed by atoms with van der Waals surface area (Å²) >= 11 is 0. The van der Waals surface area contributed by atoms with Gasteiger partial charge in [-0.15, -0.1) is 0 Å². The van der Waals surface area contributed by atoms with Gasteiger partial charge >= 0.3 is 17.6 Å². The second kappa shape index (κ2) is 16.6. The first-order valence-corrected chi connectivity index (χ1v) is 12.1. The molecule has 0 unspecified atom stereocenters. The molecule has 0 bridgehead atoms. The molecule has 0 aliphatic rings. The SMILES string of the molecule is CCC[Si](OC)(OC)OC.CO[Si](CCCNCCN)(OC)OC. The van der Waals surface area contributed by atoms with E-state index in [0.29, 0.717) is 6.54 Å². The van der Waals surface area contributed by atoms with Crippen molar-refractivity contribution in [3.8, 4) is 0 Å². The summed E-state index contributed by atoms with van der Waals surface area (Å²) in [7, 11) is 5.23. The fourth-order valence-corrected chi connectivity index (χ4v) is 5.52. The topological polar surface area (TPSA) is 93.4 Å². The lowest BCUT2D eigenvalue weighted by Gasteiger charge is -2.24. The molecule has 0 saturated carbocycles. The van der Waals surface area contributed by atoms with E-state index >= 15 is 0 Å². The van der Waals surface area contributed by atoms with E-state index < -0.39 is 17.6 Å². The summed E-state index contributed by atoms with van der Waals surface area (Å²) in [4.78, 5) is 0. The lowest BCUT2D eigenvalue weighted by Crippen LogP contribution is -2.43. The maximum atomic E-state index is 5.35. The summed E-state index contributed by atoms with van der Waals surface area (Å²) in [6, 6.07) is 1.71. The van der Waals surface area contributed by atoms with Crippen LogP contribution in [0.4, 0.5) is 0 Å². The highest BCUT2D eigenvalue weighted by atomic mass is 28.4. The zero-order valence-corrected chi connectivity index (χ0v) is 18.5. The standard InChI is InChI=1S/C8H22N2O3Si.C6H16O3Si/c1-11-14(12-2,13-3)8-4-6-10-7-5-9;1-5-6-10(7-2,8-3)9-4/h10H,4-9H2,1-3H3;5-6H2,1-4H3. The van der Waals surface area contributed by atoms with Gasteiger partial charge in [-0.25, -0.2) is 0 Å². The Morgan fingerprint density at radius 2 is 1.12 bits per heavy atom. The van der Waals surface area contributed by atoms with Crippen LogP contribution in [-0.4, -0.2) is 79.9 Å². The lowest BCUT2D eigenvalue weighted by molar-refractivity contribution is 0.122. The number of nitrogens with two attached hydrogens (primary N) is 1. The average molecular weight is 387 g/mol. The molecule has 24 heavy (non-hydrogen) atoms. The molecule has 0 spiro atoms. The van der Waals surface area contributed by atoms with Gasteiger partial charge in [-0.3, -0.25) is 0 Å². The second-order valence-corrected chi connectivity index (χ2v) is 11.2. The van der Waals surface area contributed by atoms with Gasteiger partial charge in [0.2, 0.25) is 0 Å². The molecule has 3 N–H and O–H groups in total. The van der Waals surface area contributed by atoms with Gasteiger partial charge in [0.15, 0.2) is 0 Å². The van der Waals surface area contributed by atoms with Crippen molar-refractivity contribution in [2.45, 2.75) is 31.9 Å². The second-order valence-electron chi connectivity index (χ2n) is 4.98. The predicted molar refractivity (Wildman–Crippen MR) is 100 cm³/mol. The fraction of sp³-hybridized carbons (Fsp3) is 1.00. The lowest BCUT2D eigenvalue weighted by atomic mass is 10.5. The number of nitrogens with one attached hydrogen (secondary N) is 1. The van der Waals surface area contributed by atoms with E-state index in [0.717, 1.165) is 38.0 Å². The molecule has 8 nitrogen and oxygen atoms in total. The van der Waals surface area contributed by atoms with Crippen LogP contribution in [0.1, 0.15) is 19.8 Å². The first-order valence-electron chi connectivity index (χ1n) is 8.20. The Morgan fingerprint density at radius 3 is 1.42 bits per heavy atom. The summed E-state index contributed by atoms with van der Waals surface area (Å²) < 4.78 is 31.4. The zero-order valence-electron chi connectivity index (χ0n) is 16.5. The third-order valence-corrected chi connectivity index (χ3v) is 9.39. The van der Waals surface area contributed by atoms with Crippen LogP contribution in [0.15, 0.2) is 0 Å². The molecule has 0 saturated heterocycles. The van der Waals surface area contributed by atoms with Crippen molar-refractivity contribution in [3.05, 3.63) is 0 Å². The number of hydrogen-bond donors (Lipinski definition) is 2. The molecular weight excluding hydrogens is 348 g/mol. The maximum absolute atomic E-state index is 5.35. The highest BCUT2D eigenvalue weighted by molar-refractivity contribution is 6.60. The molecule has 0 heterocycles. The third-order valence-electron chi connectivity index (χ3n) is 3.58. The molecule has 0 radical (unpaired) electrons. The highest BCUT2D eigenvalue weighted by Crippen LogP contribution is 2.14. The minimum absolute atomic E-state index is 0.668. The largest absolute Gasteiger partial charge is 0.500 e. The summed E-state index contributed by atoms with van der Waals surface area (Å²) in [6.45, 7) is 4.52. The zero-order chi connectivity index (χ0) is 18.9. The van der Waals surface area contributed by atoms with Gasteiger partial charge in [-0.2, -0.15) is 0 Å². The van der Waals surface area contributed by atoms with Gasteiger partial charge in [0.1, 0.15) is 0 Å². The van der Waals surface area contributed by atoms with Crippen LogP contribution >= 0.6 is 0 Å². The molecule has 0 atom stereocenters. The van der Waals surface area contributed by atoms with Crippen molar-refractivity contribution in [1.29, 1.82) is 0 Å². The molecule has 0 aliphatic carbocycles. The van der Waals surface area contributed by atoms with Crippen LogP contribution in [0.5, 0.6) is 0 Å². The molecule has 0 rings (SSSR count). The van der Waals surface area contributed by atoms with Gasteiger partial charge in [0, 0.05) is 67.8 Å². The van der Waals surface area contributed by atoms with Crippen molar-refractivity contribution in [1.82, 2.24) is 5.32 Å². The first kappa shape index (κ1) is 26.3. The van der Waals surface area contributed by atoms with Crippen LogP contribution < -0.4 is 11.1 Å². The molecule has 0 aliphatic heterocycles. The van der Waals surface area contributed by atoms with Crippen molar-refractivity contribution in [2.75, 3.05) is 62.3 Å². The summed E-state index contributed by atoms with van der Waals surface area (Å²) in [5.74, 6) is 0. The molecule has 10 heteroatoms. The Morgan fingerprint density at radius 1 is 0.708 bits per heavy atom. The summed E-state index contributed by atoms with van der Waals surface area (Å²) in [5, 5.41) is 3.21. The summed E-state index contributed by atoms with van der Waals surface area (Å²) in [5.41, 5.74) is 5.35. The Bertz CT molecular complexity index is 253. The Balaban J connectivity index is 0. The molecule has 148 valence electrons. The minimum Gasteiger partial charge on any atom is -0.377 e. The third kappa shape index (κ3) is 10.9. The molecule has 0 aromatic heterocycles. The van der Waals surface area contributed by atoms with Crippen molar-refractivity contribution < 1.29 is 26.6 Å². The quantitative estimate of drug-likeness (QED) is 0.338. The van der Waals surface area contributed by atoms with Gasteiger partial charge in [-0.1, -0.05) is 13.3 Å². The summed E-state index contributed by atoms with van der Waals surface area (Å²) in [6.07, 6.45) is 2.00. The van der Waals surface area contributed by atoms with E-state index in [4.69, 9.17) is 32.3 Å². The molecular formula is C14H38N2O6Si2.